The molecule has 80 valence electrons. The van der Waals surface area contributed by atoms with Crippen molar-refractivity contribution in [3.8, 4) is 0 Å². The second-order valence-corrected chi connectivity index (χ2v) is 2.93. The third-order valence-corrected chi connectivity index (χ3v) is 1.84. The fourth-order valence-electron chi connectivity index (χ4n) is 0.705. The Morgan fingerprint density at radius 3 is 2.07 bits per heavy atom. The van der Waals surface area contributed by atoms with Crippen molar-refractivity contribution in [2.24, 2.45) is 0 Å². The summed E-state index contributed by atoms with van der Waals surface area (Å²) in [6.45, 7) is 0.0726. The zero-order valence-corrected chi connectivity index (χ0v) is 7.50. The maximum absolute atomic E-state index is 10.6. The highest BCUT2D eigenvalue weighted by atomic mass is 16.7. The lowest BCUT2D eigenvalue weighted by molar-refractivity contribution is -0.792. The van der Waals surface area contributed by atoms with Gasteiger partial charge in [-0.05, 0) is 0 Å². The molecule has 0 bridgehead atoms. The molecule has 0 saturated heterocycles. The van der Waals surface area contributed by atoms with Gasteiger partial charge in [-0.15, -0.1) is 0 Å². The Balaban J connectivity index is 4.47. The standard InChI is InChI=1S/C6H10N2O6/c1-6(7(11)12,8(13)14)3-2-5(10)4-9/h9H,2-4H2,1H3. The number of hydrogen-bond donors (Lipinski definition) is 1. The first-order valence-electron chi connectivity index (χ1n) is 3.76. The monoisotopic (exact) mass is 206 g/mol. The summed E-state index contributed by atoms with van der Waals surface area (Å²) in [6, 6.07) is 0. The summed E-state index contributed by atoms with van der Waals surface area (Å²) in [5.74, 6) is -0.653. The second kappa shape index (κ2) is 4.61. The van der Waals surface area contributed by atoms with Crippen LogP contribution in [0, 0.1) is 20.2 Å². The Morgan fingerprint density at radius 2 is 1.79 bits per heavy atom. The maximum Gasteiger partial charge on any atom is 0.456 e. The molecule has 0 aliphatic rings. The van der Waals surface area contributed by atoms with Gasteiger partial charge in [0.15, 0.2) is 5.78 Å². The molecule has 0 aromatic heterocycles. The number of carbonyl (C=O) groups excluding carboxylic acids is 1. The van der Waals surface area contributed by atoms with Gasteiger partial charge in [0.1, 0.15) is 6.61 Å². The van der Waals surface area contributed by atoms with Crippen LogP contribution >= 0.6 is 0 Å². The summed E-state index contributed by atoms with van der Waals surface area (Å²) >= 11 is 0. The number of Topliss-reactive ketones (excluding diaryl/α,β-unsaturated/α-hetero) is 1. The number of rotatable bonds is 6. The molecule has 0 radical (unpaired) electrons. The first kappa shape index (κ1) is 12.4. The Hall–Kier alpha value is -1.57. The number of ketones is 1. The minimum atomic E-state index is -2.36. The smallest absolute Gasteiger partial charge is 0.389 e. The summed E-state index contributed by atoms with van der Waals surface area (Å²) in [6.07, 6.45) is -0.901. The lowest BCUT2D eigenvalue weighted by Crippen LogP contribution is -2.43. The van der Waals surface area contributed by atoms with Crippen LogP contribution in [-0.4, -0.2) is 33.0 Å². The molecule has 8 heteroatoms. The van der Waals surface area contributed by atoms with E-state index in [-0.39, 0.29) is 6.42 Å². The largest absolute Gasteiger partial charge is 0.456 e. The van der Waals surface area contributed by atoms with Gasteiger partial charge in [-0.25, -0.2) is 0 Å². The number of carbonyl (C=O) groups is 1. The van der Waals surface area contributed by atoms with Crippen molar-refractivity contribution < 1.29 is 19.7 Å². The van der Waals surface area contributed by atoms with Crippen molar-refractivity contribution in [3.05, 3.63) is 20.2 Å². The van der Waals surface area contributed by atoms with E-state index in [0.29, 0.717) is 0 Å². The van der Waals surface area contributed by atoms with Gasteiger partial charge in [0.2, 0.25) is 0 Å². The van der Waals surface area contributed by atoms with Gasteiger partial charge in [0.25, 0.3) is 0 Å². The molecule has 0 fully saturated rings. The SMILES string of the molecule is CC(CCC(=O)CO)([N+](=O)[O-])[N+](=O)[O-]. The van der Waals surface area contributed by atoms with Crippen LogP contribution in [0.1, 0.15) is 19.8 Å². The second-order valence-electron chi connectivity index (χ2n) is 2.93. The number of nitrogens with zero attached hydrogens (tertiary/aromatic N) is 2. The summed E-state index contributed by atoms with van der Waals surface area (Å²) in [5.41, 5.74) is -2.36. The molecule has 0 amide bonds. The van der Waals surface area contributed by atoms with Crippen molar-refractivity contribution in [1.82, 2.24) is 0 Å². The Bertz CT molecular complexity index is 249. The van der Waals surface area contributed by atoms with Gasteiger partial charge in [0, 0.05) is 6.42 Å². The molecular weight excluding hydrogens is 196 g/mol. The minimum Gasteiger partial charge on any atom is -0.389 e. The van der Waals surface area contributed by atoms with Crippen molar-refractivity contribution in [2.45, 2.75) is 25.4 Å². The molecule has 0 aromatic carbocycles. The molecule has 14 heavy (non-hydrogen) atoms. The van der Waals surface area contributed by atoms with Crippen LogP contribution in [0.4, 0.5) is 0 Å². The lowest BCUT2D eigenvalue weighted by atomic mass is 10.1. The normalized spacial score (nSPS) is 11.0. The summed E-state index contributed by atoms with van der Waals surface area (Å²) in [5, 5.41) is 29.0. The quantitative estimate of drug-likeness (QED) is 0.358. The van der Waals surface area contributed by atoms with Gasteiger partial charge < -0.3 is 5.11 Å². The fraction of sp³-hybridized carbons (Fsp3) is 0.833. The highest BCUT2D eigenvalue weighted by Crippen LogP contribution is 2.17. The van der Waals surface area contributed by atoms with Crippen molar-refractivity contribution in [2.75, 3.05) is 6.61 Å². The molecule has 0 aliphatic carbocycles. The first-order valence-corrected chi connectivity index (χ1v) is 3.76. The van der Waals surface area contributed by atoms with Gasteiger partial charge >= 0.3 is 5.66 Å². The van der Waals surface area contributed by atoms with E-state index in [1.54, 1.807) is 0 Å². The van der Waals surface area contributed by atoms with Crippen molar-refractivity contribution in [3.63, 3.8) is 0 Å². The first-order chi connectivity index (χ1) is 6.34. The summed E-state index contributed by atoms with van der Waals surface area (Å²) in [4.78, 5) is 29.2. The molecule has 0 spiro atoms. The van der Waals surface area contributed by atoms with E-state index in [4.69, 9.17) is 5.11 Å². The predicted molar refractivity (Wildman–Crippen MR) is 43.7 cm³/mol. The van der Waals surface area contributed by atoms with E-state index >= 15 is 0 Å². The zero-order valence-electron chi connectivity index (χ0n) is 7.50. The molecule has 0 aromatic rings. The molecule has 0 aliphatic heterocycles. The lowest BCUT2D eigenvalue weighted by Gasteiger charge is -2.11. The van der Waals surface area contributed by atoms with E-state index in [0.717, 1.165) is 6.92 Å². The van der Waals surface area contributed by atoms with Crippen LogP contribution < -0.4 is 0 Å². The van der Waals surface area contributed by atoms with Crippen LogP contribution in [0.25, 0.3) is 0 Å². The summed E-state index contributed by atoms with van der Waals surface area (Å²) < 4.78 is 0. The van der Waals surface area contributed by atoms with Gasteiger partial charge in [-0.2, -0.15) is 0 Å². The number of hydrogen-bond acceptors (Lipinski definition) is 6. The van der Waals surface area contributed by atoms with E-state index in [1.165, 1.54) is 0 Å². The Labute approximate surface area is 78.8 Å². The van der Waals surface area contributed by atoms with Crippen LogP contribution in [0.5, 0.6) is 0 Å². The topological polar surface area (TPSA) is 124 Å². The van der Waals surface area contributed by atoms with Crippen LogP contribution in [0.3, 0.4) is 0 Å². The average molecular weight is 206 g/mol. The van der Waals surface area contributed by atoms with Crippen molar-refractivity contribution in [1.29, 1.82) is 0 Å². The predicted octanol–water partition coefficient (Wildman–Crippen LogP) is -0.402. The number of aliphatic hydroxyl groups is 1. The van der Waals surface area contributed by atoms with Crippen LogP contribution in [0.15, 0.2) is 0 Å². The zero-order chi connectivity index (χ0) is 11.4. The number of nitro groups is 2. The van der Waals surface area contributed by atoms with E-state index in [9.17, 15) is 25.0 Å². The summed E-state index contributed by atoms with van der Waals surface area (Å²) in [7, 11) is 0. The van der Waals surface area contributed by atoms with Gasteiger partial charge in [-0.3, -0.25) is 25.0 Å². The molecular formula is C6H10N2O6. The van der Waals surface area contributed by atoms with Crippen LogP contribution in [0.2, 0.25) is 0 Å². The third kappa shape index (κ3) is 2.73. The molecule has 0 atom stereocenters. The van der Waals surface area contributed by atoms with Gasteiger partial charge in [0.05, 0.1) is 23.2 Å². The molecule has 0 rings (SSSR count). The fourth-order valence-corrected chi connectivity index (χ4v) is 0.705. The van der Waals surface area contributed by atoms with Crippen LogP contribution in [-0.2, 0) is 4.79 Å². The average Bonchev–Trinajstić information content (AvgIpc) is 2.12. The maximum atomic E-state index is 10.6. The molecule has 1 N–H and O–H groups in total. The molecule has 0 saturated carbocycles. The Morgan fingerprint density at radius 1 is 1.36 bits per heavy atom. The minimum absolute atomic E-state index is 0.380. The van der Waals surface area contributed by atoms with Crippen molar-refractivity contribution >= 4 is 5.78 Å². The molecule has 8 nitrogen and oxygen atoms in total. The van der Waals surface area contributed by atoms with E-state index < -0.39 is 34.3 Å². The Kier molecular flexibility index (Phi) is 4.09. The highest BCUT2D eigenvalue weighted by Gasteiger charge is 2.50. The van der Waals surface area contributed by atoms with E-state index in [1.807, 2.05) is 0 Å². The molecule has 0 heterocycles. The van der Waals surface area contributed by atoms with Gasteiger partial charge in [-0.1, -0.05) is 0 Å². The number of aliphatic hydroxyl groups excluding tert-OH is 1. The highest BCUT2D eigenvalue weighted by molar-refractivity contribution is 5.79. The third-order valence-electron chi connectivity index (χ3n) is 1.84. The van der Waals surface area contributed by atoms with E-state index in [2.05, 4.69) is 0 Å². The molecule has 0 unspecified atom stereocenters.